The molecule has 0 bridgehead atoms. The van der Waals surface area contributed by atoms with Gasteiger partial charge in [0.1, 0.15) is 11.6 Å². The van der Waals surface area contributed by atoms with Crippen molar-refractivity contribution in [3.63, 3.8) is 0 Å². The molecule has 2 nitrogen and oxygen atoms in total. The first-order valence-electron chi connectivity index (χ1n) is 13.1. The molecule has 2 rings (SSSR count). The molecule has 1 aromatic carbocycles. The van der Waals surface area contributed by atoms with Gasteiger partial charge < -0.3 is 4.74 Å². The van der Waals surface area contributed by atoms with E-state index in [9.17, 15) is 4.39 Å². The van der Waals surface area contributed by atoms with Gasteiger partial charge in [-0.3, -0.25) is 4.98 Å². The predicted octanol–water partition coefficient (Wildman–Crippen LogP) is 9.31. The van der Waals surface area contributed by atoms with Crippen LogP contribution in [-0.4, -0.2) is 11.1 Å². The predicted molar refractivity (Wildman–Crippen MR) is 135 cm³/mol. The van der Waals surface area contributed by atoms with E-state index in [1.807, 2.05) is 18.3 Å². The molecule has 0 aliphatic carbocycles. The van der Waals surface area contributed by atoms with Gasteiger partial charge >= 0.3 is 0 Å². The lowest BCUT2D eigenvalue weighted by molar-refractivity contribution is 0.205. The van der Waals surface area contributed by atoms with Crippen molar-refractivity contribution in [1.82, 2.24) is 4.98 Å². The summed E-state index contributed by atoms with van der Waals surface area (Å²) in [4.78, 5) is 4.53. The average Bonchev–Trinajstić information content (AvgIpc) is 2.79. The number of nitrogens with zero attached hydrogens (tertiary/aromatic N) is 1. The monoisotopic (exact) mass is 441 g/mol. The standard InChI is InChI=1S/C29H44FNO/c1-4-6-8-10-11-12-13-15-17-25-18-21-29(31-23-25)27-20-19-26(22-28(27)30)32-24(3)16-14-9-7-5-2/h18-24H,4-17H2,1-3H3/t24-/m0/s1. The third-order valence-electron chi connectivity index (χ3n) is 6.16. The van der Waals surface area contributed by atoms with Crippen molar-refractivity contribution in [3.05, 3.63) is 47.9 Å². The van der Waals surface area contributed by atoms with Crippen LogP contribution in [0.1, 0.15) is 110 Å². The Morgan fingerprint density at radius 2 is 1.47 bits per heavy atom. The van der Waals surface area contributed by atoms with Crippen LogP contribution in [0, 0.1) is 5.82 Å². The van der Waals surface area contributed by atoms with E-state index in [1.54, 1.807) is 6.07 Å². The summed E-state index contributed by atoms with van der Waals surface area (Å²) >= 11 is 0. The summed E-state index contributed by atoms with van der Waals surface area (Å²) < 4.78 is 20.6. The molecule has 178 valence electrons. The number of hydrogen-bond acceptors (Lipinski definition) is 2. The highest BCUT2D eigenvalue weighted by molar-refractivity contribution is 5.61. The van der Waals surface area contributed by atoms with Crippen LogP contribution >= 0.6 is 0 Å². The maximum atomic E-state index is 14.7. The molecule has 0 aliphatic rings. The Labute approximate surface area is 196 Å². The van der Waals surface area contributed by atoms with Crippen molar-refractivity contribution in [3.8, 4) is 17.0 Å². The highest BCUT2D eigenvalue weighted by Crippen LogP contribution is 2.26. The number of aryl methyl sites for hydroxylation is 1. The van der Waals surface area contributed by atoms with Crippen molar-refractivity contribution in [1.29, 1.82) is 0 Å². The van der Waals surface area contributed by atoms with Crippen LogP contribution in [0.15, 0.2) is 36.5 Å². The van der Waals surface area contributed by atoms with Crippen molar-refractivity contribution in [2.24, 2.45) is 0 Å². The summed E-state index contributed by atoms with van der Waals surface area (Å²) in [6, 6.07) is 9.17. The van der Waals surface area contributed by atoms with Gasteiger partial charge in [-0.15, -0.1) is 0 Å². The van der Waals surface area contributed by atoms with E-state index in [0.717, 1.165) is 19.3 Å². The summed E-state index contributed by atoms with van der Waals surface area (Å²) in [6.45, 7) is 6.53. The van der Waals surface area contributed by atoms with Crippen molar-refractivity contribution >= 4 is 0 Å². The minimum atomic E-state index is -0.274. The lowest BCUT2D eigenvalue weighted by atomic mass is 10.0. The first-order valence-corrected chi connectivity index (χ1v) is 13.1. The van der Waals surface area contributed by atoms with Crippen LogP contribution in [0.4, 0.5) is 4.39 Å². The normalized spacial score (nSPS) is 12.1. The Morgan fingerprint density at radius 1 is 0.812 bits per heavy atom. The number of rotatable bonds is 17. The number of unbranched alkanes of at least 4 members (excludes halogenated alkanes) is 10. The summed E-state index contributed by atoms with van der Waals surface area (Å²) in [6.07, 6.45) is 19.5. The first-order chi connectivity index (χ1) is 15.6. The number of halogens is 1. The highest BCUT2D eigenvalue weighted by Gasteiger charge is 2.10. The Hall–Kier alpha value is -1.90. The minimum Gasteiger partial charge on any atom is -0.491 e. The number of pyridine rings is 1. The van der Waals surface area contributed by atoms with Crippen LogP contribution in [0.2, 0.25) is 0 Å². The molecule has 2 aromatic rings. The van der Waals surface area contributed by atoms with Crippen LogP contribution in [0.5, 0.6) is 5.75 Å². The molecular formula is C29H44FNO. The van der Waals surface area contributed by atoms with Crippen molar-refractivity contribution in [2.75, 3.05) is 0 Å². The zero-order valence-corrected chi connectivity index (χ0v) is 20.7. The van der Waals surface area contributed by atoms with Gasteiger partial charge in [-0.2, -0.15) is 0 Å². The molecule has 0 amide bonds. The van der Waals surface area contributed by atoms with Crippen LogP contribution < -0.4 is 4.74 Å². The zero-order chi connectivity index (χ0) is 23.0. The fourth-order valence-corrected chi connectivity index (χ4v) is 4.12. The molecule has 0 N–H and O–H groups in total. The fourth-order valence-electron chi connectivity index (χ4n) is 4.12. The Kier molecular flexibility index (Phi) is 13.0. The highest BCUT2D eigenvalue weighted by atomic mass is 19.1. The number of hydrogen-bond donors (Lipinski definition) is 0. The van der Waals surface area contributed by atoms with E-state index in [0.29, 0.717) is 17.0 Å². The minimum absolute atomic E-state index is 0.103. The lowest BCUT2D eigenvalue weighted by Gasteiger charge is -2.15. The van der Waals surface area contributed by atoms with Crippen LogP contribution in [0.25, 0.3) is 11.3 Å². The van der Waals surface area contributed by atoms with Gasteiger partial charge in [-0.25, -0.2) is 4.39 Å². The zero-order valence-electron chi connectivity index (χ0n) is 20.7. The van der Waals surface area contributed by atoms with E-state index < -0.39 is 0 Å². The number of ether oxygens (including phenoxy) is 1. The SMILES string of the molecule is CCCCCCCCCCc1ccc(-c2ccc(O[C@@H](C)CCCCCC)cc2F)nc1. The third kappa shape index (κ3) is 10.1. The summed E-state index contributed by atoms with van der Waals surface area (Å²) in [5.74, 6) is 0.324. The number of aromatic nitrogens is 1. The summed E-state index contributed by atoms with van der Waals surface area (Å²) in [5, 5.41) is 0. The van der Waals surface area contributed by atoms with Gasteiger partial charge in [0.15, 0.2) is 0 Å². The molecule has 0 spiro atoms. The topological polar surface area (TPSA) is 22.1 Å². The average molecular weight is 442 g/mol. The summed E-state index contributed by atoms with van der Waals surface area (Å²) in [7, 11) is 0. The van der Waals surface area contributed by atoms with Gasteiger partial charge in [0, 0.05) is 17.8 Å². The summed E-state index contributed by atoms with van der Waals surface area (Å²) in [5.41, 5.74) is 2.45. The maximum absolute atomic E-state index is 14.7. The lowest BCUT2D eigenvalue weighted by Crippen LogP contribution is -2.11. The van der Waals surface area contributed by atoms with Crippen molar-refractivity contribution in [2.45, 2.75) is 117 Å². The number of benzene rings is 1. The third-order valence-corrected chi connectivity index (χ3v) is 6.16. The Balaban J connectivity index is 1.77. The molecule has 1 heterocycles. The quantitative estimate of drug-likeness (QED) is 0.228. The molecule has 0 fully saturated rings. The molecule has 32 heavy (non-hydrogen) atoms. The van der Waals surface area contributed by atoms with Crippen molar-refractivity contribution < 1.29 is 9.13 Å². The van der Waals surface area contributed by atoms with Crippen LogP contribution in [-0.2, 0) is 6.42 Å². The molecule has 0 radical (unpaired) electrons. The Bertz CT molecular complexity index is 743. The van der Waals surface area contributed by atoms with Gasteiger partial charge in [-0.1, -0.05) is 84.1 Å². The molecule has 3 heteroatoms. The fraction of sp³-hybridized carbons (Fsp3) is 0.621. The van der Waals surface area contributed by atoms with E-state index in [4.69, 9.17) is 4.74 Å². The second kappa shape index (κ2) is 15.8. The Morgan fingerprint density at radius 3 is 2.09 bits per heavy atom. The molecule has 0 saturated heterocycles. The van der Waals surface area contributed by atoms with E-state index in [2.05, 4.69) is 31.8 Å². The van der Waals surface area contributed by atoms with Gasteiger partial charge in [0.05, 0.1) is 11.8 Å². The second-order valence-corrected chi connectivity index (χ2v) is 9.20. The molecule has 1 atom stereocenters. The van der Waals surface area contributed by atoms with E-state index >= 15 is 0 Å². The van der Waals surface area contributed by atoms with E-state index in [-0.39, 0.29) is 11.9 Å². The molecule has 0 aliphatic heterocycles. The maximum Gasteiger partial charge on any atom is 0.136 e. The smallest absolute Gasteiger partial charge is 0.136 e. The van der Waals surface area contributed by atoms with Crippen LogP contribution in [0.3, 0.4) is 0 Å². The van der Waals surface area contributed by atoms with Gasteiger partial charge in [0.2, 0.25) is 0 Å². The molecular weight excluding hydrogens is 397 g/mol. The van der Waals surface area contributed by atoms with Gasteiger partial charge in [-0.05, 0) is 56.4 Å². The first kappa shape index (κ1) is 26.4. The second-order valence-electron chi connectivity index (χ2n) is 9.20. The van der Waals surface area contributed by atoms with Gasteiger partial charge in [0.25, 0.3) is 0 Å². The molecule has 0 unspecified atom stereocenters. The molecule has 0 saturated carbocycles. The molecule has 1 aromatic heterocycles. The van der Waals surface area contributed by atoms with E-state index in [1.165, 1.54) is 82.3 Å². The largest absolute Gasteiger partial charge is 0.491 e.